The van der Waals surface area contributed by atoms with Crippen molar-refractivity contribution in [1.82, 2.24) is 4.90 Å². The summed E-state index contributed by atoms with van der Waals surface area (Å²) < 4.78 is 0. The Kier molecular flexibility index (Phi) is 4.56. The van der Waals surface area contributed by atoms with Gasteiger partial charge in [-0.05, 0) is 36.9 Å². The lowest BCUT2D eigenvalue weighted by Gasteiger charge is -2.38. The number of likely N-dealkylation sites (tertiary alicyclic amines) is 1. The molecule has 0 bridgehead atoms. The molecule has 0 saturated carbocycles. The first-order chi connectivity index (χ1) is 9.11. The van der Waals surface area contributed by atoms with Crippen LogP contribution < -0.4 is 11.5 Å². The standard InChI is InChI=1S/C15H23N3O/c1-11-6-7-18(13(8-11)9-16)10-12-4-2-3-5-14(12)15(17)19/h2-5,11,13H,6-10,16H2,1H3,(H2,17,19). The average Bonchev–Trinajstić information content (AvgIpc) is 2.41. The maximum Gasteiger partial charge on any atom is 0.249 e. The van der Waals surface area contributed by atoms with Gasteiger partial charge in [0.25, 0.3) is 0 Å². The van der Waals surface area contributed by atoms with Crippen molar-refractivity contribution in [1.29, 1.82) is 0 Å². The lowest BCUT2D eigenvalue weighted by Crippen LogP contribution is -2.45. The van der Waals surface area contributed by atoms with Gasteiger partial charge in [0.05, 0.1) is 0 Å². The molecule has 1 amide bonds. The number of hydrogen-bond donors (Lipinski definition) is 2. The molecule has 2 rings (SSSR count). The minimum absolute atomic E-state index is 0.356. The zero-order valence-corrected chi connectivity index (χ0v) is 11.5. The van der Waals surface area contributed by atoms with Gasteiger partial charge in [-0.25, -0.2) is 0 Å². The van der Waals surface area contributed by atoms with E-state index in [1.807, 2.05) is 18.2 Å². The Morgan fingerprint density at radius 3 is 2.84 bits per heavy atom. The first kappa shape index (κ1) is 14.0. The molecular formula is C15H23N3O. The topological polar surface area (TPSA) is 72.3 Å². The van der Waals surface area contributed by atoms with Gasteiger partial charge in [0.1, 0.15) is 0 Å². The van der Waals surface area contributed by atoms with Crippen LogP contribution in [0.4, 0.5) is 0 Å². The third-order valence-corrected chi connectivity index (χ3v) is 4.03. The van der Waals surface area contributed by atoms with Crippen LogP contribution in [0, 0.1) is 5.92 Å². The predicted molar refractivity (Wildman–Crippen MR) is 76.6 cm³/mol. The molecule has 0 radical (unpaired) electrons. The summed E-state index contributed by atoms with van der Waals surface area (Å²) in [5.41, 5.74) is 12.9. The zero-order valence-electron chi connectivity index (χ0n) is 11.5. The molecule has 0 spiro atoms. The summed E-state index contributed by atoms with van der Waals surface area (Å²) in [6.07, 6.45) is 2.32. The second kappa shape index (κ2) is 6.17. The highest BCUT2D eigenvalue weighted by Gasteiger charge is 2.25. The van der Waals surface area contributed by atoms with Crippen molar-refractivity contribution >= 4 is 5.91 Å². The molecule has 4 heteroatoms. The monoisotopic (exact) mass is 261 g/mol. The van der Waals surface area contributed by atoms with Crippen molar-refractivity contribution in [2.24, 2.45) is 17.4 Å². The third kappa shape index (κ3) is 3.33. The van der Waals surface area contributed by atoms with E-state index in [-0.39, 0.29) is 5.91 Å². The van der Waals surface area contributed by atoms with E-state index in [0.717, 1.165) is 31.0 Å². The molecule has 4 nitrogen and oxygen atoms in total. The van der Waals surface area contributed by atoms with E-state index >= 15 is 0 Å². The quantitative estimate of drug-likeness (QED) is 0.859. The molecule has 2 unspecified atom stereocenters. The van der Waals surface area contributed by atoms with Crippen LogP contribution in [0.15, 0.2) is 24.3 Å². The predicted octanol–water partition coefficient (Wildman–Crippen LogP) is 1.34. The number of hydrogen-bond acceptors (Lipinski definition) is 3. The van der Waals surface area contributed by atoms with Gasteiger partial charge in [-0.3, -0.25) is 9.69 Å². The van der Waals surface area contributed by atoms with E-state index in [4.69, 9.17) is 11.5 Å². The van der Waals surface area contributed by atoms with Crippen LogP contribution in [0.1, 0.15) is 35.7 Å². The largest absolute Gasteiger partial charge is 0.366 e. The Balaban J connectivity index is 2.14. The Morgan fingerprint density at radius 2 is 2.16 bits per heavy atom. The van der Waals surface area contributed by atoms with Crippen molar-refractivity contribution in [2.45, 2.75) is 32.4 Å². The number of nitrogens with two attached hydrogens (primary N) is 2. The number of piperidine rings is 1. The van der Waals surface area contributed by atoms with Crippen LogP contribution in [0.5, 0.6) is 0 Å². The van der Waals surface area contributed by atoms with Gasteiger partial charge < -0.3 is 11.5 Å². The number of carbonyl (C=O) groups is 1. The van der Waals surface area contributed by atoms with Crippen LogP contribution in [-0.2, 0) is 6.54 Å². The molecule has 0 aromatic heterocycles. The first-order valence-corrected chi connectivity index (χ1v) is 6.93. The third-order valence-electron chi connectivity index (χ3n) is 4.03. The Hall–Kier alpha value is -1.39. The van der Waals surface area contributed by atoms with Crippen LogP contribution >= 0.6 is 0 Å². The van der Waals surface area contributed by atoms with Gasteiger partial charge >= 0.3 is 0 Å². The summed E-state index contributed by atoms with van der Waals surface area (Å²) in [4.78, 5) is 13.8. The molecule has 1 heterocycles. The molecule has 4 N–H and O–H groups in total. The summed E-state index contributed by atoms with van der Waals surface area (Å²) in [5.74, 6) is 0.376. The maximum absolute atomic E-state index is 11.4. The Bertz CT molecular complexity index is 447. The highest BCUT2D eigenvalue weighted by atomic mass is 16.1. The average molecular weight is 261 g/mol. The second-order valence-electron chi connectivity index (χ2n) is 5.51. The number of nitrogens with zero attached hydrogens (tertiary/aromatic N) is 1. The van der Waals surface area contributed by atoms with E-state index in [1.54, 1.807) is 6.07 Å². The fraction of sp³-hybridized carbons (Fsp3) is 0.533. The van der Waals surface area contributed by atoms with Crippen molar-refractivity contribution in [3.05, 3.63) is 35.4 Å². The van der Waals surface area contributed by atoms with E-state index in [2.05, 4.69) is 11.8 Å². The molecule has 0 aliphatic carbocycles. The van der Waals surface area contributed by atoms with Crippen LogP contribution in [0.2, 0.25) is 0 Å². The highest BCUT2D eigenvalue weighted by Crippen LogP contribution is 2.24. The first-order valence-electron chi connectivity index (χ1n) is 6.93. The van der Waals surface area contributed by atoms with Crippen molar-refractivity contribution in [3.63, 3.8) is 0 Å². The molecule has 1 fully saturated rings. The highest BCUT2D eigenvalue weighted by molar-refractivity contribution is 5.94. The maximum atomic E-state index is 11.4. The molecule has 1 saturated heterocycles. The lowest BCUT2D eigenvalue weighted by atomic mass is 9.91. The van der Waals surface area contributed by atoms with Gasteiger partial charge in [-0.2, -0.15) is 0 Å². The number of primary amides is 1. The molecule has 2 atom stereocenters. The molecule has 1 aliphatic rings. The molecule has 19 heavy (non-hydrogen) atoms. The van der Waals surface area contributed by atoms with Gasteiger partial charge in [-0.1, -0.05) is 25.1 Å². The summed E-state index contributed by atoms with van der Waals surface area (Å²) in [7, 11) is 0. The molecular weight excluding hydrogens is 238 g/mol. The van der Waals surface area contributed by atoms with Gasteiger partial charge in [0.15, 0.2) is 0 Å². The van der Waals surface area contributed by atoms with Gasteiger partial charge in [0, 0.05) is 24.7 Å². The second-order valence-corrected chi connectivity index (χ2v) is 5.51. The number of benzene rings is 1. The van der Waals surface area contributed by atoms with E-state index in [0.29, 0.717) is 18.2 Å². The molecule has 1 aromatic rings. The van der Waals surface area contributed by atoms with E-state index in [9.17, 15) is 4.79 Å². The zero-order chi connectivity index (χ0) is 13.8. The summed E-state index contributed by atoms with van der Waals surface area (Å²) in [6.45, 7) is 4.74. The fourth-order valence-corrected chi connectivity index (χ4v) is 2.87. The SMILES string of the molecule is CC1CCN(Cc2ccccc2C(N)=O)C(CN)C1. The van der Waals surface area contributed by atoms with Crippen molar-refractivity contribution < 1.29 is 4.79 Å². The minimum atomic E-state index is -0.356. The normalized spacial score (nSPS) is 24.3. The number of rotatable bonds is 4. The number of amides is 1. The summed E-state index contributed by atoms with van der Waals surface area (Å²) >= 11 is 0. The summed E-state index contributed by atoms with van der Waals surface area (Å²) in [6, 6.07) is 7.98. The number of carbonyl (C=O) groups excluding carboxylic acids is 1. The summed E-state index contributed by atoms with van der Waals surface area (Å²) in [5, 5.41) is 0. The van der Waals surface area contributed by atoms with Crippen molar-refractivity contribution in [3.8, 4) is 0 Å². The van der Waals surface area contributed by atoms with Crippen LogP contribution in [-0.4, -0.2) is 29.9 Å². The molecule has 104 valence electrons. The molecule has 1 aromatic carbocycles. The van der Waals surface area contributed by atoms with Gasteiger partial charge in [0.2, 0.25) is 5.91 Å². The minimum Gasteiger partial charge on any atom is -0.366 e. The van der Waals surface area contributed by atoms with E-state index < -0.39 is 0 Å². The smallest absolute Gasteiger partial charge is 0.249 e. The van der Waals surface area contributed by atoms with Crippen LogP contribution in [0.25, 0.3) is 0 Å². The molecule has 1 aliphatic heterocycles. The Labute approximate surface area is 114 Å². The van der Waals surface area contributed by atoms with Crippen LogP contribution in [0.3, 0.4) is 0 Å². The van der Waals surface area contributed by atoms with Crippen molar-refractivity contribution in [2.75, 3.05) is 13.1 Å². The Morgan fingerprint density at radius 1 is 1.42 bits per heavy atom. The van der Waals surface area contributed by atoms with E-state index in [1.165, 1.54) is 6.42 Å². The van der Waals surface area contributed by atoms with Gasteiger partial charge in [-0.15, -0.1) is 0 Å². The lowest BCUT2D eigenvalue weighted by molar-refractivity contribution is 0.0988. The fourth-order valence-electron chi connectivity index (χ4n) is 2.87.